The monoisotopic (exact) mass is 402 g/mol. The Hall–Kier alpha value is -3.03. The predicted octanol–water partition coefficient (Wildman–Crippen LogP) is 4.11. The third kappa shape index (κ3) is 5.07. The lowest BCUT2D eigenvalue weighted by atomic mass is 9.84. The topological polar surface area (TPSA) is 109 Å². The first-order valence-electron chi connectivity index (χ1n) is 9.54. The summed E-state index contributed by atoms with van der Waals surface area (Å²) >= 11 is 0. The molecule has 0 bridgehead atoms. The predicted molar refractivity (Wildman–Crippen MR) is 108 cm³/mol. The molecule has 156 valence electrons. The van der Waals surface area contributed by atoms with Gasteiger partial charge in [-0.3, -0.25) is 19.9 Å². The average Bonchev–Trinajstić information content (AvgIpc) is 2.64. The summed E-state index contributed by atoms with van der Waals surface area (Å²) in [5.41, 5.74) is 1.15. The first-order valence-corrected chi connectivity index (χ1v) is 9.54. The smallest absolute Gasteiger partial charge is 0.340 e. The van der Waals surface area contributed by atoms with Gasteiger partial charge in [0, 0.05) is 29.4 Å². The zero-order chi connectivity index (χ0) is 21.8. The molecule has 0 aliphatic carbocycles. The number of esters is 2. The van der Waals surface area contributed by atoms with Crippen molar-refractivity contribution in [3.63, 3.8) is 0 Å². The number of nitrogens with zero attached hydrogens (tertiary/aromatic N) is 2. The van der Waals surface area contributed by atoms with Crippen LogP contribution in [0.15, 0.2) is 18.2 Å². The summed E-state index contributed by atoms with van der Waals surface area (Å²) in [5, 5.41) is 11.8. The Morgan fingerprint density at radius 1 is 1.14 bits per heavy atom. The van der Waals surface area contributed by atoms with Gasteiger partial charge in [-0.05, 0) is 31.9 Å². The van der Waals surface area contributed by atoms with Crippen molar-refractivity contribution in [1.29, 1.82) is 0 Å². The molecule has 8 nitrogen and oxygen atoms in total. The standard InChI is InChI=1S/C21H26N2O6/c1-6-28-17(24)11-10-15-14-9-8-13(23(26)27)12-16(14)22-19(21(3,4)5)18(15)20(25)29-7-2/h8-9,12H,6-7,10-11H2,1-5H3. The van der Waals surface area contributed by atoms with Crippen LogP contribution in [0.2, 0.25) is 0 Å². The van der Waals surface area contributed by atoms with E-state index in [9.17, 15) is 19.7 Å². The maximum Gasteiger partial charge on any atom is 0.340 e. The maximum atomic E-state index is 12.8. The second kappa shape index (κ2) is 8.98. The molecular weight excluding hydrogens is 376 g/mol. The number of fused-ring (bicyclic) bond motifs is 1. The molecule has 0 saturated heterocycles. The number of benzene rings is 1. The van der Waals surface area contributed by atoms with Gasteiger partial charge in [0.15, 0.2) is 0 Å². The number of nitro benzene ring substituents is 1. The summed E-state index contributed by atoms with van der Waals surface area (Å²) in [6.45, 7) is 9.59. The Kier molecular flexibility index (Phi) is 6.89. The van der Waals surface area contributed by atoms with E-state index in [-0.39, 0.29) is 37.7 Å². The maximum absolute atomic E-state index is 12.8. The molecule has 0 radical (unpaired) electrons. The van der Waals surface area contributed by atoms with Gasteiger partial charge in [-0.1, -0.05) is 20.8 Å². The molecule has 0 aliphatic heterocycles. The fourth-order valence-corrected chi connectivity index (χ4v) is 3.12. The van der Waals surface area contributed by atoms with Crippen molar-refractivity contribution in [2.75, 3.05) is 13.2 Å². The van der Waals surface area contributed by atoms with Gasteiger partial charge in [0.1, 0.15) is 0 Å². The van der Waals surface area contributed by atoms with Gasteiger partial charge < -0.3 is 9.47 Å². The highest BCUT2D eigenvalue weighted by Crippen LogP contribution is 2.34. The molecule has 0 atom stereocenters. The van der Waals surface area contributed by atoms with E-state index >= 15 is 0 Å². The highest BCUT2D eigenvalue weighted by molar-refractivity contribution is 5.99. The van der Waals surface area contributed by atoms with Crippen molar-refractivity contribution < 1.29 is 24.0 Å². The van der Waals surface area contributed by atoms with Crippen LogP contribution < -0.4 is 0 Å². The molecule has 0 amide bonds. The molecule has 0 aliphatic rings. The lowest BCUT2D eigenvalue weighted by Gasteiger charge is -2.24. The van der Waals surface area contributed by atoms with Crippen LogP contribution in [0.25, 0.3) is 10.9 Å². The van der Waals surface area contributed by atoms with Gasteiger partial charge in [-0.2, -0.15) is 0 Å². The number of nitro groups is 1. The highest BCUT2D eigenvalue weighted by atomic mass is 16.6. The minimum absolute atomic E-state index is 0.0694. The number of ether oxygens (including phenoxy) is 2. The van der Waals surface area contributed by atoms with Crippen molar-refractivity contribution in [2.24, 2.45) is 0 Å². The molecule has 0 unspecified atom stereocenters. The van der Waals surface area contributed by atoms with Crippen molar-refractivity contribution in [3.8, 4) is 0 Å². The Morgan fingerprint density at radius 2 is 1.79 bits per heavy atom. The Balaban J connectivity index is 2.79. The highest BCUT2D eigenvalue weighted by Gasteiger charge is 2.29. The summed E-state index contributed by atoms with van der Waals surface area (Å²) in [7, 11) is 0. The summed E-state index contributed by atoms with van der Waals surface area (Å²) in [5.74, 6) is -0.907. The van der Waals surface area contributed by atoms with E-state index < -0.39 is 16.3 Å². The van der Waals surface area contributed by atoms with Crippen LogP contribution in [0.5, 0.6) is 0 Å². The number of pyridine rings is 1. The molecule has 1 aromatic heterocycles. The van der Waals surface area contributed by atoms with Crippen LogP contribution in [0.4, 0.5) is 5.69 Å². The summed E-state index contributed by atoms with van der Waals surface area (Å²) < 4.78 is 10.3. The molecule has 1 aromatic carbocycles. The second-order valence-corrected chi connectivity index (χ2v) is 7.55. The molecule has 29 heavy (non-hydrogen) atoms. The van der Waals surface area contributed by atoms with Crippen LogP contribution in [0.3, 0.4) is 0 Å². The van der Waals surface area contributed by atoms with Crippen LogP contribution in [0, 0.1) is 10.1 Å². The Labute approximate surface area is 169 Å². The van der Waals surface area contributed by atoms with Crippen LogP contribution >= 0.6 is 0 Å². The zero-order valence-corrected chi connectivity index (χ0v) is 17.4. The lowest BCUT2D eigenvalue weighted by molar-refractivity contribution is -0.384. The third-order valence-electron chi connectivity index (χ3n) is 4.36. The SMILES string of the molecule is CCOC(=O)CCc1c(C(=O)OCC)c(C(C)(C)C)nc2cc([N+](=O)[O-])ccc12. The Morgan fingerprint density at radius 3 is 2.34 bits per heavy atom. The number of aromatic nitrogens is 1. The molecule has 8 heteroatoms. The van der Waals surface area contributed by atoms with Gasteiger partial charge in [-0.15, -0.1) is 0 Å². The van der Waals surface area contributed by atoms with E-state index in [0.717, 1.165) is 0 Å². The van der Waals surface area contributed by atoms with Crippen LogP contribution in [-0.4, -0.2) is 35.1 Å². The normalized spacial score (nSPS) is 11.3. The van der Waals surface area contributed by atoms with E-state index in [2.05, 4.69) is 4.98 Å². The summed E-state index contributed by atoms with van der Waals surface area (Å²) in [4.78, 5) is 40.1. The number of non-ortho nitro benzene ring substituents is 1. The van der Waals surface area contributed by atoms with Gasteiger partial charge in [0.2, 0.25) is 0 Å². The van der Waals surface area contributed by atoms with Crippen molar-refractivity contribution in [2.45, 2.75) is 52.9 Å². The molecular formula is C21H26N2O6. The van der Waals surface area contributed by atoms with Gasteiger partial charge in [0.25, 0.3) is 5.69 Å². The lowest BCUT2D eigenvalue weighted by Crippen LogP contribution is -2.23. The molecule has 2 aromatic rings. The van der Waals surface area contributed by atoms with Crippen LogP contribution in [-0.2, 0) is 26.1 Å². The fourth-order valence-electron chi connectivity index (χ4n) is 3.12. The number of hydrogen-bond acceptors (Lipinski definition) is 7. The second-order valence-electron chi connectivity index (χ2n) is 7.55. The van der Waals surface area contributed by atoms with Crippen molar-refractivity contribution in [3.05, 3.63) is 45.1 Å². The van der Waals surface area contributed by atoms with E-state index in [1.807, 2.05) is 20.8 Å². The van der Waals surface area contributed by atoms with Crippen molar-refractivity contribution >= 4 is 28.5 Å². The molecule has 1 heterocycles. The van der Waals surface area contributed by atoms with Gasteiger partial charge >= 0.3 is 11.9 Å². The van der Waals surface area contributed by atoms with E-state index in [0.29, 0.717) is 27.7 Å². The van der Waals surface area contributed by atoms with E-state index in [4.69, 9.17) is 9.47 Å². The van der Waals surface area contributed by atoms with Gasteiger partial charge in [0.05, 0.1) is 34.9 Å². The molecule has 0 saturated carbocycles. The number of hydrogen-bond donors (Lipinski definition) is 0. The molecule has 0 spiro atoms. The van der Waals surface area contributed by atoms with E-state index in [1.54, 1.807) is 19.9 Å². The minimum atomic E-state index is -0.528. The number of carbonyl (C=O) groups is 2. The van der Waals surface area contributed by atoms with Gasteiger partial charge in [-0.25, -0.2) is 4.79 Å². The van der Waals surface area contributed by atoms with E-state index in [1.165, 1.54) is 12.1 Å². The molecule has 2 rings (SSSR count). The Bertz CT molecular complexity index is 946. The molecule has 0 N–H and O–H groups in total. The quantitative estimate of drug-likeness (QED) is 0.389. The fraction of sp³-hybridized carbons (Fsp3) is 0.476. The number of carbonyl (C=O) groups excluding carboxylic acids is 2. The first-order chi connectivity index (χ1) is 13.6. The zero-order valence-electron chi connectivity index (χ0n) is 17.4. The summed E-state index contributed by atoms with van der Waals surface area (Å²) in [6, 6.07) is 4.31. The number of rotatable bonds is 7. The average molecular weight is 402 g/mol. The van der Waals surface area contributed by atoms with Crippen molar-refractivity contribution in [1.82, 2.24) is 4.98 Å². The largest absolute Gasteiger partial charge is 0.466 e. The number of aryl methyl sites for hydroxylation is 1. The van der Waals surface area contributed by atoms with Crippen LogP contribution in [0.1, 0.15) is 62.7 Å². The molecule has 0 fully saturated rings. The third-order valence-corrected chi connectivity index (χ3v) is 4.36. The first kappa shape index (κ1) is 22.3. The summed E-state index contributed by atoms with van der Waals surface area (Å²) in [6.07, 6.45) is 0.298. The minimum Gasteiger partial charge on any atom is -0.466 e.